The Balaban J connectivity index is 2.08. The third kappa shape index (κ3) is 2.69. The van der Waals surface area contributed by atoms with Crippen LogP contribution in [0.15, 0.2) is 18.2 Å². The van der Waals surface area contributed by atoms with Crippen molar-refractivity contribution in [3.8, 4) is 0 Å². The number of halogens is 2. The van der Waals surface area contributed by atoms with Crippen LogP contribution in [0, 0.1) is 0 Å². The van der Waals surface area contributed by atoms with Gasteiger partial charge < -0.3 is 5.32 Å². The molecule has 0 amide bonds. The number of nitrogens with zero attached hydrogens (tertiary/aromatic N) is 1. The maximum absolute atomic E-state index is 6.16. The van der Waals surface area contributed by atoms with Gasteiger partial charge in [-0.25, -0.2) is 0 Å². The fourth-order valence-electron chi connectivity index (χ4n) is 1.91. The number of hydrogen-bond acceptors (Lipinski definition) is 2. The molecule has 0 aromatic heterocycles. The Morgan fingerprint density at radius 3 is 2.69 bits per heavy atom. The molecule has 1 heterocycles. The highest BCUT2D eigenvalue weighted by molar-refractivity contribution is 6.33. The number of likely N-dealkylation sites (N-methyl/N-ethyl adjacent to an activating group) is 1. The molecule has 1 saturated heterocycles. The Labute approximate surface area is 107 Å². The summed E-state index contributed by atoms with van der Waals surface area (Å²) < 4.78 is 0. The number of rotatable bonds is 4. The fourth-order valence-corrected chi connectivity index (χ4v) is 2.29. The Kier molecular flexibility index (Phi) is 4.09. The zero-order valence-electron chi connectivity index (χ0n) is 9.34. The molecule has 1 aliphatic rings. The average Bonchev–Trinajstić information content (AvgIpc) is 2.19. The molecule has 2 nitrogen and oxygen atoms in total. The highest BCUT2D eigenvalue weighted by Gasteiger charge is 2.23. The third-order valence-corrected chi connectivity index (χ3v) is 3.67. The van der Waals surface area contributed by atoms with Crippen LogP contribution < -0.4 is 5.32 Å². The first-order valence-corrected chi connectivity index (χ1v) is 6.35. The molecule has 0 aliphatic carbocycles. The van der Waals surface area contributed by atoms with E-state index in [0.717, 1.165) is 41.8 Å². The van der Waals surface area contributed by atoms with Crippen molar-refractivity contribution >= 4 is 23.2 Å². The quantitative estimate of drug-likeness (QED) is 0.894. The lowest BCUT2D eigenvalue weighted by Crippen LogP contribution is -2.56. The van der Waals surface area contributed by atoms with Crippen molar-refractivity contribution < 1.29 is 0 Å². The number of hydrogen-bond donors (Lipinski definition) is 1. The molecule has 0 saturated carbocycles. The molecule has 0 spiro atoms. The molecule has 1 aromatic carbocycles. The van der Waals surface area contributed by atoms with Gasteiger partial charge in [0.1, 0.15) is 0 Å². The number of nitrogens with one attached hydrogen (secondary N) is 1. The van der Waals surface area contributed by atoms with E-state index in [1.54, 1.807) is 0 Å². The predicted octanol–water partition coefficient (Wildman–Crippen LogP) is 2.79. The highest BCUT2D eigenvalue weighted by atomic mass is 35.5. The Morgan fingerprint density at radius 2 is 2.12 bits per heavy atom. The van der Waals surface area contributed by atoms with Crippen LogP contribution >= 0.6 is 23.2 Å². The minimum atomic E-state index is 0.639. The van der Waals surface area contributed by atoms with E-state index in [9.17, 15) is 0 Å². The van der Waals surface area contributed by atoms with Crippen LogP contribution in [0.2, 0.25) is 10.0 Å². The molecule has 1 fully saturated rings. The summed E-state index contributed by atoms with van der Waals surface area (Å²) in [6.45, 7) is 6.24. The minimum absolute atomic E-state index is 0.639. The Bertz CT molecular complexity index is 364. The second-order valence-electron chi connectivity index (χ2n) is 4.11. The van der Waals surface area contributed by atoms with Crippen LogP contribution in [0.3, 0.4) is 0 Å². The van der Waals surface area contributed by atoms with Gasteiger partial charge >= 0.3 is 0 Å². The lowest BCUT2D eigenvalue weighted by atomic mass is 10.1. The van der Waals surface area contributed by atoms with E-state index >= 15 is 0 Å². The predicted molar refractivity (Wildman–Crippen MR) is 69.2 cm³/mol. The lowest BCUT2D eigenvalue weighted by molar-refractivity contribution is 0.145. The van der Waals surface area contributed by atoms with E-state index in [1.165, 1.54) is 0 Å². The van der Waals surface area contributed by atoms with Gasteiger partial charge in [-0.2, -0.15) is 0 Å². The molecule has 0 atom stereocenters. The summed E-state index contributed by atoms with van der Waals surface area (Å²) in [5.74, 6) is 0. The maximum atomic E-state index is 6.16. The largest absolute Gasteiger partial charge is 0.314 e. The van der Waals surface area contributed by atoms with E-state index in [1.807, 2.05) is 18.2 Å². The van der Waals surface area contributed by atoms with E-state index in [-0.39, 0.29) is 0 Å². The summed E-state index contributed by atoms with van der Waals surface area (Å²) in [7, 11) is 0. The first-order valence-electron chi connectivity index (χ1n) is 5.59. The van der Waals surface area contributed by atoms with Crippen molar-refractivity contribution in [3.63, 3.8) is 0 Å². The van der Waals surface area contributed by atoms with Crippen molar-refractivity contribution in [2.75, 3.05) is 19.6 Å². The summed E-state index contributed by atoms with van der Waals surface area (Å²) in [6, 6.07) is 6.29. The summed E-state index contributed by atoms with van der Waals surface area (Å²) in [6.07, 6.45) is 0. The second-order valence-corrected chi connectivity index (χ2v) is 4.95. The van der Waals surface area contributed by atoms with Gasteiger partial charge in [-0.3, -0.25) is 4.90 Å². The van der Waals surface area contributed by atoms with Gasteiger partial charge in [-0.15, -0.1) is 0 Å². The van der Waals surface area contributed by atoms with Gasteiger partial charge in [0, 0.05) is 35.7 Å². The van der Waals surface area contributed by atoms with Crippen LogP contribution in [-0.4, -0.2) is 30.6 Å². The highest BCUT2D eigenvalue weighted by Crippen LogP contribution is 2.23. The van der Waals surface area contributed by atoms with Crippen molar-refractivity contribution in [2.24, 2.45) is 0 Å². The van der Waals surface area contributed by atoms with Crippen LogP contribution in [0.5, 0.6) is 0 Å². The summed E-state index contributed by atoms with van der Waals surface area (Å²) in [5, 5.41) is 4.84. The van der Waals surface area contributed by atoms with E-state index in [2.05, 4.69) is 17.1 Å². The van der Waals surface area contributed by atoms with Crippen molar-refractivity contribution in [1.29, 1.82) is 0 Å². The first-order chi connectivity index (χ1) is 7.70. The molecule has 16 heavy (non-hydrogen) atoms. The van der Waals surface area contributed by atoms with Gasteiger partial charge in [0.25, 0.3) is 0 Å². The average molecular weight is 259 g/mol. The summed E-state index contributed by atoms with van der Waals surface area (Å²) >= 11 is 12.1. The SMILES string of the molecule is CCN(Cc1cc(Cl)ccc1Cl)C1CNC1. The normalized spacial score (nSPS) is 16.5. The monoisotopic (exact) mass is 258 g/mol. The van der Waals surface area contributed by atoms with Crippen LogP contribution in [0.1, 0.15) is 12.5 Å². The summed E-state index contributed by atoms with van der Waals surface area (Å²) in [5.41, 5.74) is 1.11. The molecule has 0 unspecified atom stereocenters. The third-order valence-electron chi connectivity index (χ3n) is 3.06. The maximum Gasteiger partial charge on any atom is 0.0452 e. The standard InChI is InChI=1S/C12H16Cl2N2/c1-2-16(11-6-15-7-11)8-9-5-10(13)3-4-12(9)14/h3-5,11,15H,2,6-8H2,1H3. The lowest BCUT2D eigenvalue weighted by Gasteiger charge is -2.37. The molecule has 2 rings (SSSR count). The molecule has 4 heteroatoms. The van der Waals surface area contributed by atoms with Crippen molar-refractivity contribution in [1.82, 2.24) is 10.2 Å². The topological polar surface area (TPSA) is 15.3 Å². The summed E-state index contributed by atoms with van der Waals surface area (Å²) in [4.78, 5) is 2.42. The molecule has 1 aromatic rings. The molecule has 0 bridgehead atoms. The van der Waals surface area contributed by atoms with Gasteiger partial charge in [-0.1, -0.05) is 30.1 Å². The number of benzene rings is 1. The van der Waals surface area contributed by atoms with Crippen molar-refractivity contribution in [3.05, 3.63) is 33.8 Å². The Hall–Kier alpha value is -0.280. The van der Waals surface area contributed by atoms with Gasteiger partial charge in [-0.05, 0) is 30.3 Å². The first kappa shape index (κ1) is 12.2. The van der Waals surface area contributed by atoms with E-state index < -0.39 is 0 Å². The fraction of sp³-hybridized carbons (Fsp3) is 0.500. The second kappa shape index (κ2) is 5.37. The van der Waals surface area contributed by atoms with Crippen LogP contribution in [0.4, 0.5) is 0 Å². The molecular weight excluding hydrogens is 243 g/mol. The molecular formula is C12H16Cl2N2. The molecule has 0 radical (unpaired) electrons. The Morgan fingerprint density at radius 1 is 1.38 bits per heavy atom. The van der Waals surface area contributed by atoms with Gasteiger partial charge in [0.15, 0.2) is 0 Å². The van der Waals surface area contributed by atoms with Gasteiger partial charge in [0.05, 0.1) is 0 Å². The van der Waals surface area contributed by atoms with E-state index in [0.29, 0.717) is 6.04 Å². The zero-order chi connectivity index (χ0) is 11.5. The minimum Gasteiger partial charge on any atom is -0.314 e. The van der Waals surface area contributed by atoms with Crippen molar-refractivity contribution in [2.45, 2.75) is 19.5 Å². The molecule has 88 valence electrons. The molecule has 1 N–H and O–H groups in total. The van der Waals surface area contributed by atoms with Gasteiger partial charge in [0.2, 0.25) is 0 Å². The van der Waals surface area contributed by atoms with Crippen LogP contribution in [-0.2, 0) is 6.54 Å². The smallest absolute Gasteiger partial charge is 0.0452 e. The zero-order valence-corrected chi connectivity index (χ0v) is 10.9. The van der Waals surface area contributed by atoms with E-state index in [4.69, 9.17) is 23.2 Å². The molecule has 1 aliphatic heterocycles. The van der Waals surface area contributed by atoms with Crippen LogP contribution in [0.25, 0.3) is 0 Å².